The number of rotatable bonds is 14. The van der Waals surface area contributed by atoms with Crippen molar-refractivity contribution in [1.82, 2.24) is 10.2 Å². The molecule has 1 unspecified atom stereocenters. The van der Waals surface area contributed by atoms with E-state index in [1.807, 2.05) is 0 Å². The van der Waals surface area contributed by atoms with Crippen molar-refractivity contribution < 1.29 is 17.8 Å². The number of carbonyl (C=O) groups is 1. The quantitative estimate of drug-likeness (QED) is 0.434. The highest BCUT2D eigenvalue weighted by Gasteiger charge is 2.14. The van der Waals surface area contributed by atoms with E-state index in [0.717, 1.165) is 26.1 Å². The molecular weight excluding hydrogens is 403 g/mol. The Labute approximate surface area is 181 Å². The minimum atomic E-state index is -1.36. The van der Waals surface area contributed by atoms with Crippen LogP contribution < -0.4 is 5.32 Å². The number of benzene rings is 1. The first-order valence-corrected chi connectivity index (χ1v) is 12.1. The van der Waals surface area contributed by atoms with Crippen LogP contribution in [0.2, 0.25) is 0 Å². The molecule has 30 heavy (non-hydrogen) atoms. The van der Waals surface area contributed by atoms with Crippen LogP contribution in [0.3, 0.4) is 0 Å². The van der Waals surface area contributed by atoms with E-state index in [1.54, 1.807) is 12.1 Å². The van der Waals surface area contributed by atoms with Gasteiger partial charge in [-0.15, -0.1) is 0 Å². The molecule has 7 heteroatoms. The van der Waals surface area contributed by atoms with Crippen LogP contribution in [-0.4, -0.2) is 41.2 Å². The monoisotopic (exact) mass is 436 g/mol. The lowest BCUT2D eigenvalue weighted by atomic mass is 10.2. The van der Waals surface area contributed by atoms with Gasteiger partial charge in [0.1, 0.15) is 11.6 Å². The minimum Gasteiger partial charge on any atom is -0.455 e. The molecule has 0 aliphatic carbocycles. The van der Waals surface area contributed by atoms with Crippen molar-refractivity contribution in [2.75, 3.05) is 26.2 Å². The summed E-state index contributed by atoms with van der Waals surface area (Å²) < 4.78 is 30.9. The molecule has 1 atom stereocenters. The third-order valence-electron chi connectivity index (χ3n) is 4.83. The fourth-order valence-corrected chi connectivity index (χ4v) is 4.09. The molecule has 0 aliphatic heterocycles. The second kappa shape index (κ2) is 13.3. The van der Waals surface area contributed by atoms with Crippen molar-refractivity contribution >= 4 is 16.7 Å². The van der Waals surface area contributed by atoms with Gasteiger partial charge in [0.2, 0.25) is 0 Å². The van der Waals surface area contributed by atoms with Gasteiger partial charge in [-0.1, -0.05) is 26.7 Å². The summed E-state index contributed by atoms with van der Waals surface area (Å²) >= 11 is 0. The second-order valence-electron chi connectivity index (χ2n) is 7.37. The number of hydrogen-bond donors (Lipinski definition) is 1. The zero-order valence-electron chi connectivity index (χ0n) is 18.0. The highest BCUT2D eigenvalue weighted by Crippen LogP contribution is 2.15. The Hall–Kier alpha value is -1.99. The Bertz CT molecular complexity index is 784. The van der Waals surface area contributed by atoms with E-state index in [2.05, 4.69) is 24.1 Å². The fraction of sp³-hybridized carbons (Fsp3) is 0.522. The van der Waals surface area contributed by atoms with Gasteiger partial charge in [-0.2, -0.15) is 0 Å². The highest BCUT2D eigenvalue weighted by atomic mass is 32.2. The molecule has 1 amide bonds. The molecule has 0 fully saturated rings. The van der Waals surface area contributed by atoms with Crippen LogP contribution in [0.1, 0.15) is 62.3 Å². The van der Waals surface area contributed by atoms with Crippen LogP contribution in [-0.2, 0) is 16.6 Å². The van der Waals surface area contributed by atoms with Gasteiger partial charge >= 0.3 is 0 Å². The number of nitrogens with one attached hydrogen (secondary N) is 1. The molecule has 1 N–H and O–H groups in total. The smallest absolute Gasteiger partial charge is 0.286 e. The molecule has 0 aliphatic rings. The maximum absolute atomic E-state index is 13.0. The molecule has 1 aromatic heterocycles. The lowest BCUT2D eigenvalue weighted by Gasteiger charge is -2.21. The highest BCUT2D eigenvalue weighted by molar-refractivity contribution is 7.84. The largest absolute Gasteiger partial charge is 0.455 e. The van der Waals surface area contributed by atoms with E-state index in [1.165, 1.54) is 49.9 Å². The van der Waals surface area contributed by atoms with Crippen LogP contribution in [0, 0.1) is 5.82 Å². The molecular formula is C23H33FN2O3S. The zero-order chi connectivity index (χ0) is 21.8. The van der Waals surface area contributed by atoms with Gasteiger partial charge in [-0.3, -0.25) is 9.00 Å². The second-order valence-corrected chi connectivity index (χ2v) is 8.82. The van der Waals surface area contributed by atoms with Gasteiger partial charge in [-0.05, 0) is 75.3 Å². The number of furan rings is 1. The van der Waals surface area contributed by atoms with Crippen LogP contribution in [0.15, 0.2) is 45.7 Å². The van der Waals surface area contributed by atoms with Gasteiger partial charge in [0.05, 0.1) is 16.6 Å². The number of nitrogens with zero attached hydrogens (tertiary/aromatic N) is 1. The lowest BCUT2D eigenvalue weighted by Crippen LogP contribution is -2.31. The van der Waals surface area contributed by atoms with E-state index in [-0.39, 0.29) is 23.2 Å². The summed E-state index contributed by atoms with van der Waals surface area (Å²) in [5.41, 5.74) is 0. The summed E-state index contributed by atoms with van der Waals surface area (Å²) in [5.74, 6) is 0.194. The average Bonchev–Trinajstić information content (AvgIpc) is 3.21. The summed E-state index contributed by atoms with van der Waals surface area (Å²) in [7, 11) is -1.36. The van der Waals surface area contributed by atoms with Gasteiger partial charge in [0, 0.05) is 11.4 Å². The standard InChI is InChI=1S/C23H33FN2O3S/c1-3-5-15-26(16-6-4-2)17-7-14-25-23(27)22-13-10-20(29-22)18-30(28)21-11-8-19(24)9-12-21/h8-13H,3-7,14-18H2,1-2H3,(H,25,27). The molecule has 0 radical (unpaired) electrons. The van der Waals surface area contributed by atoms with E-state index in [9.17, 15) is 13.4 Å². The van der Waals surface area contributed by atoms with E-state index in [4.69, 9.17) is 4.42 Å². The van der Waals surface area contributed by atoms with Gasteiger partial charge < -0.3 is 14.6 Å². The molecule has 1 aromatic carbocycles. The van der Waals surface area contributed by atoms with Crippen LogP contribution in [0.5, 0.6) is 0 Å². The Balaban J connectivity index is 1.76. The molecule has 2 aromatic rings. The molecule has 0 bridgehead atoms. The fourth-order valence-electron chi connectivity index (χ4n) is 3.07. The zero-order valence-corrected chi connectivity index (χ0v) is 18.8. The maximum Gasteiger partial charge on any atom is 0.286 e. The number of hydrogen-bond acceptors (Lipinski definition) is 4. The van der Waals surface area contributed by atoms with Crippen molar-refractivity contribution in [2.24, 2.45) is 0 Å². The SMILES string of the molecule is CCCCN(CCCC)CCCNC(=O)c1ccc(CS(=O)c2ccc(F)cc2)o1. The molecule has 0 spiro atoms. The Morgan fingerprint density at radius 1 is 1.00 bits per heavy atom. The van der Waals surface area contributed by atoms with Crippen molar-refractivity contribution in [3.05, 3.63) is 53.7 Å². The summed E-state index contributed by atoms with van der Waals surface area (Å²) in [4.78, 5) is 15.3. The first kappa shape index (κ1) is 24.3. The predicted molar refractivity (Wildman–Crippen MR) is 118 cm³/mol. The van der Waals surface area contributed by atoms with Crippen molar-refractivity contribution in [3.8, 4) is 0 Å². The lowest BCUT2D eigenvalue weighted by molar-refractivity contribution is 0.0922. The first-order valence-electron chi connectivity index (χ1n) is 10.8. The minimum absolute atomic E-state index is 0.142. The number of halogens is 1. The number of amides is 1. The van der Waals surface area contributed by atoms with Gasteiger partial charge in [0.15, 0.2) is 5.76 Å². The van der Waals surface area contributed by atoms with E-state index < -0.39 is 10.8 Å². The first-order chi connectivity index (χ1) is 14.5. The summed E-state index contributed by atoms with van der Waals surface area (Å²) in [6.07, 6.45) is 5.66. The number of unbranched alkanes of at least 4 members (excludes halogenated alkanes) is 2. The van der Waals surface area contributed by atoms with E-state index in [0.29, 0.717) is 17.2 Å². The average molecular weight is 437 g/mol. The van der Waals surface area contributed by atoms with Crippen molar-refractivity contribution in [1.29, 1.82) is 0 Å². The molecule has 0 saturated heterocycles. The Morgan fingerprint density at radius 3 is 2.27 bits per heavy atom. The Morgan fingerprint density at radius 2 is 1.63 bits per heavy atom. The third kappa shape index (κ3) is 8.40. The number of carbonyl (C=O) groups excluding carboxylic acids is 1. The van der Waals surface area contributed by atoms with Gasteiger partial charge in [0.25, 0.3) is 5.91 Å². The van der Waals surface area contributed by atoms with Crippen molar-refractivity contribution in [2.45, 2.75) is 56.6 Å². The molecule has 1 heterocycles. The van der Waals surface area contributed by atoms with Crippen LogP contribution in [0.4, 0.5) is 4.39 Å². The van der Waals surface area contributed by atoms with Crippen molar-refractivity contribution in [3.63, 3.8) is 0 Å². The summed E-state index contributed by atoms with van der Waals surface area (Å²) in [5, 5.41) is 2.89. The van der Waals surface area contributed by atoms with Gasteiger partial charge in [-0.25, -0.2) is 4.39 Å². The van der Waals surface area contributed by atoms with Crippen LogP contribution >= 0.6 is 0 Å². The molecule has 5 nitrogen and oxygen atoms in total. The predicted octanol–water partition coefficient (Wildman–Crippen LogP) is 4.75. The summed E-state index contributed by atoms with van der Waals surface area (Å²) in [6, 6.07) is 8.80. The molecule has 2 rings (SSSR count). The Kier molecular flexibility index (Phi) is 10.8. The van der Waals surface area contributed by atoms with E-state index >= 15 is 0 Å². The molecule has 0 saturated carbocycles. The topological polar surface area (TPSA) is 62.6 Å². The van der Waals surface area contributed by atoms with Crippen LogP contribution in [0.25, 0.3) is 0 Å². The molecule has 166 valence electrons. The maximum atomic E-state index is 13.0. The summed E-state index contributed by atoms with van der Waals surface area (Å²) in [6.45, 7) is 8.18. The third-order valence-corrected chi connectivity index (χ3v) is 6.17. The normalized spacial score (nSPS) is 12.3.